The van der Waals surface area contributed by atoms with Crippen molar-refractivity contribution in [1.29, 1.82) is 0 Å². The molecule has 2 aromatic heterocycles. The standard InChI is InChI=1S/C12H10F3N3O2S/c1-6-4-7(21-17-6)5-18-9(12(13,14)15)3-2-8(10(16)19)11(18)20/h2-4H,5H2,1H3,(H2,16,19). The largest absolute Gasteiger partial charge is 0.431 e. The number of alkyl halides is 3. The van der Waals surface area contributed by atoms with Crippen LogP contribution in [0.2, 0.25) is 0 Å². The summed E-state index contributed by atoms with van der Waals surface area (Å²) in [5, 5.41) is 0. The Morgan fingerprint density at radius 3 is 2.57 bits per heavy atom. The van der Waals surface area contributed by atoms with Crippen LogP contribution in [-0.4, -0.2) is 14.8 Å². The molecule has 5 nitrogen and oxygen atoms in total. The molecule has 0 aromatic carbocycles. The minimum atomic E-state index is -4.71. The van der Waals surface area contributed by atoms with Crippen molar-refractivity contribution >= 4 is 17.4 Å². The Labute approximate surface area is 121 Å². The molecule has 112 valence electrons. The zero-order valence-corrected chi connectivity index (χ0v) is 11.6. The van der Waals surface area contributed by atoms with E-state index >= 15 is 0 Å². The summed E-state index contributed by atoms with van der Waals surface area (Å²) >= 11 is 0.993. The molecule has 9 heteroatoms. The van der Waals surface area contributed by atoms with Crippen LogP contribution in [-0.2, 0) is 12.7 Å². The van der Waals surface area contributed by atoms with E-state index in [4.69, 9.17) is 5.73 Å². The highest BCUT2D eigenvalue weighted by molar-refractivity contribution is 7.05. The number of rotatable bonds is 3. The van der Waals surface area contributed by atoms with Gasteiger partial charge in [0.1, 0.15) is 11.3 Å². The third kappa shape index (κ3) is 3.13. The van der Waals surface area contributed by atoms with Gasteiger partial charge in [-0.25, -0.2) is 0 Å². The average Bonchev–Trinajstić information content (AvgIpc) is 2.75. The molecule has 0 saturated heterocycles. The lowest BCUT2D eigenvalue weighted by Crippen LogP contribution is -2.34. The molecular weight excluding hydrogens is 307 g/mol. The SMILES string of the molecule is Cc1cc(Cn2c(C(F)(F)F)ccc(C(N)=O)c2=O)sn1. The molecule has 0 spiro atoms. The van der Waals surface area contributed by atoms with Crippen LogP contribution in [0.3, 0.4) is 0 Å². The first-order chi connectivity index (χ1) is 9.70. The molecule has 0 aliphatic carbocycles. The van der Waals surface area contributed by atoms with Crippen LogP contribution >= 0.6 is 11.5 Å². The van der Waals surface area contributed by atoms with Crippen LogP contribution in [0.25, 0.3) is 0 Å². The van der Waals surface area contributed by atoms with Crippen LogP contribution in [0.15, 0.2) is 23.0 Å². The molecule has 0 aliphatic rings. The van der Waals surface area contributed by atoms with E-state index in [0.29, 0.717) is 21.2 Å². The smallest absolute Gasteiger partial charge is 0.365 e. The lowest BCUT2D eigenvalue weighted by molar-refractivity contribution is -0.144. The summed E-state index contributed by atoms with van der Waals surface area (Å²) in [7, 11) is 0. The Morgan fingerprint density at radius 2 is 2.10 bits per heavy atom. The molecular formula is C12H10F3N3O2S. The molecule has 1 amide bonds. The number of hydrogen-bond acceptors (Lipinski definition) is 4. The number of nitrogens with zero attached hydrogens (tertiary/aromatic N) is 2. The van der Waals surface area contributed by atoms with Gasteiger partial charge in [-0.15, -0.1) is 0 Å². The second-order valence-electron chi connectivity index (χ2n) is 4.32. The Kier molecular flexibility index (Phi) is 3.86. The monoisotopic (exact) mass is 317 g/mol. The number of carbonyl (C=O) groups is 1. The van der Waals surface area contributed by atoms with Gasteiger partial charge in [0.15, 0.2) is 0 Å². The van der Waals surface area contributed by atoms with Crippen LogP contribution in [0.1, 0.15) is 26.6 Å². The summed E-state index contributed by atoms with van der Waals surface area (Å²) < 4.78 is 43.4. The minimum Gasteiger partial charge on any atom is -0.365 e. The van der Waals surface area contributed by atoms with Gasteiger partial charge in [-0.3, -0.25) is 14.2 Å². The summed E-state index contributed by atoms with van der Waals surface area (Å²) in [5.74, 6) is -1.07. The normalized spacial score (nSPS) is 11.6. The van der Waals surface area contributed by atoms with E-state index in [2.05, 4.69) is 4.37 Å². The number of primary amides is 1. The van der Waals surface area contributed by atoms with Gasteiger partial charge in [-0.05, 0) is 36.7 Å². The molecule has 2 N–H and O–H groups in total. The number of carbonyl (C=O) groups excluding carboxylic acids is 1. The van der Waals surface area contributed by atoms with E-state index in [0.717, 1.165) is 17.6 Å². The molecule has 0 radical (unpaired) electrons. The summed E-state index contributed by atoms with van der Waals surface area (Å²) in [6, 6.07) is 3.05. The van der Waals surface area contributed by atoms with Gasteiger partial charge < -0.3 is 5.73 Å². The first-order valence-corrected chi connectivity index (χ1v) is 6.50. The van der Waals surface area contributed by atoms with E-state index in [1.165, 1.54) is 0 Å². The molecule has 2 aromatic rings. The zero-order valence-electron chi connectivity index (χ0n) is 10.8. The van der Waals surface area contributed by atoms with Gasteiger partial charge in [0, 0.05) is 4.88 Å². The third-order valence-electron chi connectivity index (χ3n) is 2.72. The third-order valence-corrected chi connectivity index (χ3v) is 3.58. The molecule has 0 bridgehead atoms. The predicted octanol–water partition coefficient (Wildman–Crippen LogP) is 1.78. The first kappa shape index (κ1) is 15.2. The van der Waals surface area contributed by atoms with E-state index in [-0.39, 0.29) is 6.54 Å². The maximum Gasteiger partial charge on any atom is 0.431 e. The number of nitrogens with two attached hydrogens (primary N) is 1. The lowest BCUT2D eigenvalue weighted by Gasteiger charge is -2.15. The van der Waals surface area contributed by atoms with Crippen molar-refractivity contribution in [3.63, 3.8) is 0 Å². The van der Waals surface area contributed by atoms with Crippen molar-refractivity contribution in [2.45, 2.75) is 19.6 Å². The van der Waals surface area contributed by atoms with Crippen LogP contribution < -0.4 is 11.3 Å². The molecule has 0 atom stereocenters. The molecule has 0 fully saturated rings. The second-order valence-corrected chi connectivity index (χ2v) is 5.21. The number of hydrogen-bond donors (Lipinski definition) is 1. The molecule has 21 heavy (non-hydrogen) atoms. The van der Waals surface area contributed by atoms with Gasteiger partial charge in [0.2, 0.25) is 0 Å². The number of pyridine rings is 1. The fourth-order valence-corrected chi connectivity index (χ4v) is 2.54. The number of amides is 1. The van der Waals surface area contributed by atoms with Gasteiger partial charge >= 0.3 is 6.18 Å². The van der Waals surface area contributed by atoms with Crippen molar-refractivity contribution in [3.8, 4) is 0 Å². The Bertz CT molecular complexity index is 749. The highest BCUT2D eigenvalue weighted by Gasteiger charge is 2.35. The zero-order chi connectivity index (χ0) is 15.8. The fraction of sp³-hybridized carbons (Fsp3) is 0.250. The highest BCUT2D eigenvalue weighted by Crippen LogP contribution is 2.29. The maximum atomic E-state index is 13.0. The predicted molar refractivity (Wildman–Crippen MR) is 70.2 cm³/mol. The number of aromatic nitrogens is 2. The number of halogens is 3. The molecule has 0 unspecified atom stereocenters. The van der Waals surface area contributed by atoms with Gasteiger partial charge in [0.25, 0.3) is 11.5 Å². The van der Waals surface area contributed by atoms with Crippen molar-refractivity contribution < 1.29 is 18.0 Å². The van der Waals surface area contributed by atoms with E-state index in [1.807, 2.05) is 0 Å². The Balaban J connectivity index is 2.61. The first-order valence-electron chi connectivity index (χ1n) is 5.73. The van der Waals surface area contributed by atoms with Crippen molar-refractivity contribution in [3.05, 3.63) is 50.4 Å². The molecule has 2 rings (SSSR count). The van der Waals surface area contributed by atoms with E-state index < -0.39 is 28.9 Å². The van der Waals surface area contributed by atoms with Gasteiger partial charge in [-0.2, -0.15) is 17.5 Å². The van der Waals surface area contributed by atoms with Gasteiger partial charge in [-0.1, -0.05) is 0 Å². The Morgan fingerprint density at radius 1 is 1.43 bits per heavy atom. The molecule has 2 heterocycles. The lowest BCUT2D eigenvalue weighted by atomic mass is 10.2. The van der Waals surface area contributed by atoms with Crippen molar-refractivity contribution in [1.82, 2.24) is 8.94 Å². The minimum absolute atomic E-state index is 0.319. The second kappa shape index (κ2) is 5.32. The van der Waals surface area contributed by atoms with Crippen LogP contribution in [0, 0.1) is 6.92 Å². The van der Waals surface area contributed by atoms with Crippen molar-refractivity contribution in [2.24, 2.45) is 5.73 Å². The van der Waals surface area contributed by atoms with Crippen molar-refractivity contribution in [2.75, 3.05) is 0 Å². The summed E-state index contributed by atoms with van der Waals surface area (Å²) in [4.78, 5) is 23.6. The fourth-order valence-electron chi connectivity index (χ4n) is 1.82. The summed E-state index contributed by atoms with van der Waals surface area (Å²) in [6.45, 7) is 1.37. The molecule has 0 aliphatic heterocycles. The number of aryl methyl sites for hydroxylation is 1. The van der Waals surface area contributed by atoms with Crippen LogP contribution in [0.5, 0.6) is 0 Å². The van der Waals surface area contributed by atoms with E-state index in [1.54, 1.807) is 13.0 Å². The maximum absolute atomic E-state index is 13.0. The van der Waals surface area contributed by atoms with Gasteiger partial charge in [0.05, 0.1) is 12.2 Å². The van der Waals surface area contributed by atoms with E-state index in [9.17, 15) is 22.8 Å². The van der Waals surface area contributed by atoms with Crippen LogP contribution in [0.4, 0.5) is 13.2 Å². The average molecular weight is 317 g/mol. The molecule has 0 saturated carbocycles. The Hall–Kier alpha value is -2.16. The summed E-state index contributed by atoms with van der Waals surface area (Å²) in [6.07, 6.45) is -4.71. The quantitative estimate of drug-likeness (QED) is 0.937. The topological polar surface area (TPSA) is 78.0 Å². The highest BCUT2D eigenvalue weighted by atomic mass is 32.1. The summed E-state index contributed by atoms with van der Waals surface area (Å²) in [5.41, 5.74) is 2.95.